The molecule has 1 N–H and O–H groups in total. The first-order chi connectivity index (χ1) is 14.2. The Morgan fingerprint density at radius 1 is 0.793 bits per heavy atom. The second-order valence-electron chi connectivity index (χ2n) is 6.21. The zero-order valence-electron chi connectivity index (χ0n) is 17.5. The first-order valence-electron chi connectivity index (χ1n) is 9.45. The number of hydrogen-bond donors (Lipinski definition) is 1. The fourth-order valence-corrected chi connectivity index (χ4v) is 3.17. The van der Waals surface area contributed by atoms with Gasteiger partial charge in [-0.15, -0.1) is 0 Å². The average Bonchev–Trinajstić information content (AvgIpc) is 2.75. The summed E-state index contributed by atoms with van der Waals surface area (Å²) in [5.74, 6) is 1.94. The molecular formula is C22H30O7. The van der Waals surface area contributed by atoms with E-state index in [1.165, 1.54) is 0 Å². The van der Waals surface area contributed by atoms with E-state index in [2.05, 4.69) is 0 Å². The van der Waals surface area contributed by atoms with Crippen LogP contribution >= 0.6 is 0 Å². The molecule has 0 bridgehead atoms. The van der Waals surface area contributed by atoms with Crippen molar-refractivity contribution in [3.63, 3.8) is 0 Å². The number of rotatable bonds is 13. The molecule has 7 heteroatoms. The van der Waals surface area contributed by atoms with Gasteiger partial charge in [0.25, 0.3) is 0 Å². The quantitative estimate of drug-likeness (QED) is 0.511. The standard InChI is InChI=1S/C22H30O7/c1-5-18-19(9-10-23)22(16-7-6-8-17(11-16)27-13-24-2)21(29-15-26-4)12-20(18)28-14-25-3/h6-8,11-12,23H,5,9-10,13-15H2,1-4H3. The Bertz CT molecular complexity index is 761. The molecule has 160 valence electrons. The molecule has 0 saturated carbocycles. The lowest BCUT2D eigenvalue weighted by Crippen LogP contribution is -2.09. The third-order valence-electron chi connectivity index (χ3n) is 4.32. The van der Waals surface area contributed by atoms with Crippen LogP contribution < -0.4 is 14.2 Å². The Balaban J connectivity index is 2.65. The molecular weight excluding hydrogens is 376 g/mol. The molecule has 0 fully saturated rings. The van der Waals surface area contributed by atoms with Crippen LogP contribution in [0.4, 0.5) is 0 Å². The Hall–Kier alpha value is -2.32. The van der Waals surface area contributed by atoms with E-state index >= 15 is 0 Å². The number of methoxy groups -OCH3 is 3. The van der Waals surface area contributed by atoms with Crippen LogP contribution in [0, 0.1) is 0 Å². The molecule has 0 atom stereocenters. The van der Waals surface area contributed by atoms with E-state index in [1.54, 1.807) is 21.3 Å². The van der Waals surface area contributed by atoms with Crippen LogP contribution in [-0.2, 0) is 27.1 Å². The largest absolute Gasteiger partial charge is 0.468 e. The minimum Gasteiger partial charge on any atom is -0.468 e. The number of aliphatic hydroxyl groups excluding tert-OH is 1. The molecule has 0 amide bonds. The van der Waals surface area contributed by atoms with Crippen LogP contribution in [0.1, 0.15) is 18.1 Å². The Morgan fingerprint density at radius 3 is 2.07 bits per heavy atom. The fourth-order valence-electron chi connectivity index (χ4n) is 3.17. The fraction of sp³-hybridized carbons (Fsp3) is 0.455. The molecule has 0 aliphatic carbocycles. The van der Waals surface area contributed by atoms with E-state index in [0.717, 1.165) is 28.7 Å². The molecule has 0 heterocycles. The van der Waals surface area contributed by atoms with Crippen molar-refractivity contribution in [3.05, 3.63) is 41.5 Å². The summed E-state index contributed by atoms with van der Waals surface area (Å²) in [6.45, 7) is 2.41. The van der Waals surface area contributed by atoms with Crippen molar-refractivity contribution < 1.29 is 33.5 Å². The number of aliphatic hydroxyl groups is 1. The number of benzene rings is 2. The molecule has 2 aromatic carbocycles. The second kappa shape index (κ2) is 12.3. The van der Waals surface area contributed by atoms with Crippen molar-refractivity contribution in [3.8, 4) is 28.4 Å². The molecule has 0 aromatic heterocycles. The molecule has 0 aliphatic heterocycles. The predicted molar refractivity (Wildman–Crippen MR) is 110 cm³/mol. The Labute approximate surface area is 172 Å². The van der Waals surface area contributed by atoms with Gasteiger partial charge >= 0.3 is 0 Å². The van der Waals surface area contributed by atoms with Gasteiger partial charge in [-0.25, -0.2) is 0 Å². The molecule has 29 heavy (non-hydrogen) atoms. The van der Waals surface area contributed by atoms with Gasteiger partial charge < -0.3 is 33.5 Å². The normalized spacial score (nSPS) is 10.8. The lowest BCUT2D eigenvalue weighted by Gasteiger charge is -2.22. The van der Waals surface area contributed by atoms with Crippen LogP contribution in [0.15, 0.2) is 30.3 Å². The molecule has 2 aromatic rings. The highest BCUT2D eigenvalue weighted by molar-refractivity contribution is 5.78. The summed E-state index contributed by atoms with van der Waals surface area (Å²) in [5, 5.41) is 9.74. The summed E-state index contributed by atoms with van der Waals surface area (Å²) in [5.41, 5.74) is 3.74. The van der Waals surface area contributed by atoms with Gasteiger partial charge in [-0.1, -0.05) is 19.1 Å². The SMILES string of the molecule is CCc1c(OCOC)cc(OCOC)c(-c2cccc(OCOC)c2)c1CCO. The summed E-state index contributed by atoms with van der Waals surface area (Å²) < 4.78 is 32.4. The smallest absolute Gasteiger partial charge is 0.188 e. The van der Waals surface area contributed by atoms with Crippen molar-refractivity contribution in [1.29, 1.82) is 0 Å². The lowest BCUT2D eigenvalue weighted by molar-refractivity contribution is 0.0457. The first kappa shape index (κ1) is 23.0. The van der Waals surface area contributed by atoms with E-state index in [-0.39, 0.29) is 27.0 Å². The minimum absolute atomic E-state index is 0.00266. The maximum atomic E-state index is 9.74. The predicted octanol–water partition coefficient (Wildman–Crippen LogP) is 3.40. The molecule has 0 unspecified atom stereocenters. The monoisotopic (exact) mass is 406 g/mol. The highest BCUT2D eigenvalue weighted by Gasteiger charge is 2.21. The minimum atomic E-state index is -0.00266. The molecule has 0 aliphatic rings. The van der Waals surface area contributed by atoms with Crippen LogP contribution in [0.2, 0.25) is 0 Å². The molecule has 7 nitrogen and oxygen atoms in total. The summed E-state index contributed by atoms with van der Waals surface area (Å²) in [6.07, 6.45) is 1.18. The topological polar surface area (TPSA) is 75.6 Å². The third kappa shape index (κ3) is 6.08. The maximum absolute atomic E-state index is 9.74. The van der Waals surface area contributed by atoms with E-state index in [4.69, 9.17) is 28.4 Å². The lowest BCUT2D eigenvalue weighted by atomic mass is 9.90. The van der Waals surface area contributed by atoms with Crippen molar-refractivity contribution in [2.24, 2.45) is 0 Å². The van der Waals surface area contributed by atoms with Crippen molar-refractivity contribution in [1.82, 2.24) is 0 Å². The van der Waals surface area contributed by atoms with Crippen molar-refractivity contribution >= 4 is 0 Å². The highest BCUT2D eigenvalue weighted by atomic mass is 16.7. The maximum Gasteiger partial charge on any atom is 0.188 e. The van der Waals surface area contributed by atoms with Gasteiger partial charge in [0.2, 0.25) is 0 Å². The van der Waals surface area contributed by atoms with E-state index in [1.807, 2.05) is 37.3 Å². The van der Waals surface area contributed by atoms with Crippen LogP contribution in [0.5, 0.6) is 17.2 Å². The zero-order valence-corrected chi connectivity index (χ0v) is 17.5. The Morgan fingerprint density at radius 2 is 1.45 bits per heavy atom. The van der Waals surface area contributed by atoms with Gasteiger partial charge in [0, 0.05) is 39.6 Å². The summed E-state index contributed by atoms with van der Waals surface area (Å²) in [6, 6.07) is 9.51. The second-order valence-corrected chi connectivity index (χ2v) is 6.21. The Kier molecular flexibility index (Phi) is 9.73. The van der Waals surface area contributed by atoms with Crippen LogP contribution in [0.25, 0.3) is 11.1 Å². The van der Waals surface area contributed by atoms with Gasteiger partial charge in [0.15, 0.2) is 20.4 Å². The zero-order chi connectivity index (χ0) is 21.1. The third-order valence-corrected chi connectivity index (χ3v) is 4.32. The van der Waals surface area contributed by atoms with Crippen LogP contribution in [-0.4, -0.2) is 53.4 Å². The number of ether oxygens (including phenoxy) is 6. The van der Waals surface area contributed by atoms with Crippen molar-refractivity contribution in [2.45, 2.75) is 19.8 Å². The van der Waals surface area contributed by atoms with Crippen molar-refractivity contribution in [2.75, 3.05) is 48.3 Å². The van der Waals surface area contributed by atoms with Gasteiger partial charge in [0.05, 0.1) is 0 Å². The van der Waals surface area contributed by atoms with Crippen LogP contribution in [0.3, 0.4) is 0 Å². The van der Waals surface area contributed by atoms with Gasteiger partial charge in [0.1, 0.15) is 17.2 Å². The highest BCUT2D eigenvalue weighted by Crippen LogP contribution is 2.42. The average molecular weight is 406 g/mol. The van der Waals surface area contributed by atoms with Gasteiger partial charge in [-0.05, 0) is 41.7 Å². The number of hydrogen-bond acceptors (Lipinski definition) is 7. The molecule has 0 spiro atoms. The molecule has 0 saturated heterocycles. The first-order valence-corrected chi connectivity index (χ1v) is 9.45. The van der Waals surface area contributed by atoms with Gasteiger partial charge in [-0.2, -0.15) is 0 Å². The molecule has 2 rings (SSSR count). The van der Waals surface area contributed by atoms with E-state index < -0.39 is 0 Å². The molecule has 0 radical (unpaired) electrons. The summed E-state index contributed by atoms with van der Waals surface area (Å²) >= 11 is 0. The summed E-state index contributed by atoms with van der Waals surface area (Å²) in [4.78, 5) is 0. The van der Waals surface area contributed by atoms with Gasteiger partial charge in [-0.3, -0.25) is 0 Å². The van der Waals surface area contributed by atoms with E-state index in [9.17, 15) is 5.11 Å². The van der Waals surface area contributed by atoms with E-state index in [0.29, 0.717) is 23.7 Å². The summed E-state index contributed by atoms with van der Waals surface area (Å²) in [7, 11) is 4.71.